The molecule has 9 heteroatoms. The van der Waals surface area contributed by atoms with Crippen LogP contribution in [0.2, 0.25) is 0 Å². The van der Waals surface area contributed by atoms with E-state index >= 15 is 0 Å². The van der Waals surface area contributed by atoms with Crippen LogP contribution in [0.1, 0.15) is 32.9 Å². The first-order valence-corrected chi connectivity index (χ1v) is 12.4. The van der Waals surface area contributed by atoms with Crippen LogP contribution >= 0.6 is 0 Å². The maximum atomic E-state index is 12.9. The Morgan fingerprint density at radius 2 is 1.54 bits per heavy atom. The molecular formula is C26H23N3O5S. The van der Waals surface area contributed by atoms with Gasteiger partial charge in [0.2, 0.25) is 10.0 Å². The van der Waals surface area contributed by atoms with Gasteiger partial charge in [-0.25, -0.2) is 8.42 Å². The quantitative estimate of drug-likeness (QED) is 0.241. The van der Waals surface area contributed by atoms with Crippen molar-refractivity contribution in [3.63, 3.8) is 0 Å². The van der Waals surface area contributed by atoms with Gasteiger partial charge in [0.15, 0.2) is 5.78 Å². The summed E-state index contributed by atoms with van der Waals surface area (Å²) in [4.78, 5) is 23.6. The molecule has 6 rings (SSSR count). The molecule has 0 amide bonds. The Labute approximate surface area is 203 Å². The van der Waals surface area contributed by atoms with Crippen molar-refractivity contribution in [3.05, 3.63) is 123 Å². The number of nitrogens with zero attached hydrogens (tertiary/aromatic N) is 2. The molecule has 0 aliphatic carbocycles. The number of aromatic nitrogens is 1. The van der Waals surface area contributed by atoms with Gasteiger partial charge in [0, 0.05) is 34.8 Å². The molecule has 4 aromatic rings. The highest BCUT2D eigenvalue weighted by molar-refractivity contribution is 7.91. The molecule has 2 aliphatic heterocycles. The topological polar surface area (TPSA) is 111 Å². The zero-order valence-corrected chi connectivity index (χ0v) is 20.0. The molecule has 0 fully saturated rings. The molecule has 0 atom stereocenters. The van der Waals surface area contributed by atoms with Gasteiger partial charge in [-0.2, -0.15) is 0 Å². The fourth-order valence-electron chi connectivity index (χ4n) is 3.91. The van der Waals surface area contributed by atoms with Gasteiger partial charge >= 0.3 is 0 Å². The predicted octanol–water partition coefficient (Wildman–Crippen LogP) is 5.18. The predicted molar refractivity (Wildman–Crippen MR) is 134 cm³/mol. The van der Waals surface area contributed by atoms with E-state index in [1.165, 1.54) is 12.1 Å². The van der Waals surface area contributed by atoms with E-state index in [1.807, 2.05) is 48.7 Å². The van der Waals surface area contributed by atoms with Gasteiger partial charge in [-0.05, 0) is 49.7 Å². The van der Waals surface area contributed by atoms with Crippen LogP contribution in [-0.2, 0) is 15.8 Å². The maximum Gasteiger partial charge on any atom is 0.270 e. The highest BCUT2D eigenvalue weighted by Gasteiger charge is 2.20. The Balaban J connectivity index is 0.000000218. The normalized spacial score (nSPS) is 13.2. The SMILES string of the molecule is Cc1ccc(C)n1-c1ccc([N+](=O)[O-])cc1C(=O)c1ccccc1.O=S1(=O)Cc2ccc(cc2)N1. The number of sulfonamides is 1. The first kappa shape index (κ1) is 23.9. The second-order valence-corrected chi connectivity index (χ2v) is 9.89. The molecule has 3 aromatic carbocycles. The zero-order valence-electron chi connectivity index (χ0n) is 19.1. The molecule has 0 radical (unpaired) electrons. The number of hydrogen-bond acceptors (Lipinski definition) is 5. The van der Waals surface area contributed by atoms with E-state index < -0.39 is 14.9 Å². The number of nitro benzene ring substituents is 1. The van der Waals surface area contributed by atoms with Crippen LogP contribution in [0.15, 0.2) is 84.9 Å². The van der Waals surface area contributed by atoms with E-state index in [1.54, 1.807) is 42.5 Å². The van der Waals surface area contributed by atoms with Gasteiger partial charge in [0.25, 0.3) is 5.69 Å². The number of hydrogen-bond donors (Lipinski definition) is 1. The third-order valence-electron chi connectivity index (χ3n) is 5.57. The Morgan fingerprint density at radius 3 is 2.14 bits per heavy atom. The van der Waals surface area contributed by atoms with E-state index in [0.29, 0.717) is 22.5 Å². The summed E-state index contributed by atoms with van der Waals surface area (Å²) in [7, 11) is -3.10. The second-order valence-electron chi connectivity index (χ2n) is 8.16. The average molecular weight is 490 g/mol. The number of benzene rings is 3. The fraction of sp³-hybridized carbons (Fsp3) is 0.115. The van der Waals surface area contributed by atoms with Gasteiger partial charge in [0.05, 0.1) is 21.9 Å². The lowest BCUT2D eigenvalue weighted by Gasteiger charge is -2.14. The van der Waals surface area contributed by atoms with Crippen LogP contribution < -0.4 is 4.72 Å². The van der Waals surface area contributed by atoms with Crippen molar-refractivity contribution in [1.82, 2.24) is 4.57 Å². The summed E-state index contributed by atoms with van der Waals surface area (Å²) in [5.41, 5.74) is 4.77. The highest BCUT2D eigenvalue weighted by Crippen LogP contribution is 2.27. The first-order chi connectivity index (χ1) is 16.6. The monoisotopic (exact) mass is 489 g/mol. The molecule has 2 bridgehead atoms. The highest BCUT2D eigenvalue weighted by atomic mass is 32.2. The largest absolute Gasteiger partial charge is 0.318 e. The van der Waals surface area contributed by atoms with Gasteiger partial charge in [-0.15, -0.1) is 0 Å². The maximum absolute atomic E-state index is 12.9. The van der Waals surface area contributed by atoms with E-state index in [0.717, 1.165) is 17.0 Å². The van der Waals surface area contributed by atoms with E-state index in [4.69, 9.17) is 0 Å². The number of nitrogens with one attached hydrogen (secondary N) is 1. The average Bonchev–Trinajstić information content (AvgIpc) is 2.99. The number of nitro groups is 1. The summed E-state index contributed by atoms with van der Waals surface area (Å²) >= 11 is 0. The summed E-state index contributed by atoms with van der Waals surface area (Å²) in [6, 6.07) is 24.3. The molecule has 3 heterocycles. The standard InChI is InChI=1S/C19H16N2O3.C7H7NO2S/c1-13-8-9-14(2)20(13)18-11-10-16(21(23)24)12-17(18)19(22)15-6-4-3-5-7-15;9-11(10)5-6-1-3-7(8-11)4-2-6/h3-12H,1-2H3;1-4,8H,5H2. The van der Waals surface area contributed by atoms with Crippen LogP contribution in [0.4, 0.5) is 11.4 Å². The second kappa shape index (κ2) is 9.55. The molecule has 178 valence electrons. The number of aryl methyl sites for hydroxylation is 2. The molecular weight excluding hydrogens is 466 g/mol. The van der Waals surface area contributed by atoms with Crippen molar-refractivity contribution in [2.24, 2.45) is 0 Å². The Morgan fingerprint density at radius 1 is 0.914 bits per heavy atom. The zero-order chi connectivity index (χ0) is 25.2. The Kier molecular flexibility index (Phi) is 6.52. The molecule has 1 N–H and O–H groups in total. The third-order valence-corrected chi connectivity index (χ3v) is 6.83. The number of anilines is 1. The van der Waals surface area contributed by atoms with Crippen LogP contribution in [0.25, 0.3) is 5.69 Å². The number of carbonyl (C=O) groups is 1. The Hall–Kier alpha value is -4.24. The van der Waals surface area contributed by atoms with Gasteiger partial charge < -0.3 is 4.57 Å². The smallest absolute Gasteiger partial charge is 0.270 e. The fourth-order valence-corrected chi connectivity index (χ4v) is 5.11. The van der Waals surface area contributed by atoms with Crippen LogP contribution in [0.3, 0.4) is 0 Å². The van der Waals surface area contributed by atoms with Crippen molar-refractivity contribution in [2.75, 3.05) is 4.72 Å². The molecule has 0 spiro atoms. The molecule has 2 aliphatic rings. The molecule has 8 nitrogen and oxygen atoms in total. The van der Waals surface area contributed by atoms with Crippen molar-refractivity contribution in [3.8, 4) is 5.69 Å². The molecule has 0 unspecified atom stereocenters. The van der Waals surface area contributed by atoms with E-state index in [-0.39, 0.29) is 17.2 Å². The molecule has 0 saturated heterocycles. The number of fused-ring (bicyclic) bond motifs is 4. The summed E-state index contributed by atoms with van der Waals surface area (Å²) in [6.07, 6.45) is 0. The van der Waals surface area contributed by atoms with Crippen molar-refractivity contribution in [1.29, 1.82) is 0 Å². The minimum Gasteiger partial charge on any atom is -0.318 e. The lowest BCUT2D eigenvalue weighted by atomic mass is 10.0. The molecule has 35 heavy (non-hydrogen) atoms. The minimum atomic E-state index is -3.10. The van der Waals surface area contributed by atoms with Gasteiger partial charge in [-0.3, -0.25) is 19.6 Å². The van der Waals surface area contributed by atoms with Gasteiger partial charge in [-0.1, -0.05) is 42.5 Å². The van der Waals surface area contributed by atoms with E-state index in [9.17, 15) is 23.3 Å². The van der Waals surface area contributed by atoms with Gasteiger partial charge in [0.1, 0.15) is 0 Å². The van der Waals surface area contributed by atoms with Crippen molar-refractivity contribution < 1.29 is 18.1 Å². The summed E-state index contributed by atoms with van der Waals surface area (Å²) in [5.74, 6) is -0.148. The van der Waals surface area contributed by atoms with Crippen molar-refractivity contribution in [2.45, 2.75) is 19.6 Å². The first-order valence-electron chi connectivity index (χ1n) is 10.8. The van der Waals surface area contributed by atoms with E-state index in [2.05, 4.69) is 4.72 Å². The van der Waals surface area contributed by atoms with Crippen LogP contribution in [0, 0.1) is 24.0 Å². The number of rotatable bonds is 4. The number of ketones is 1. The van der Waals surface area contributed by atoms with Crippen molar-refractivity contribution >= 4 is 27.2 Å². The molecule has 1 aromatic heterocycles. The number of non-ortho nitro benzene ring substituents is 1. The lowest BCUT2D eigenvalue weighted by molar-refractivity contribution is -0.384. The van der Waals surface area contributed by atoms with Crippen LogP contribution in [-0.4, -0.2) is 23.7 Å². The summed E-state index contributed by atoms with van der Waals surface area (Å²) in [5, 5.41) is 11.1. The lowest BCUT2D eigenvalue weighted by Crippen LogP contribution is -2.11. The number of carbonyl (C=O) groups excluding carboxylic acids is 1. The third kappa shape index (κ3) is 5.30. The Bertz CT molecular complexity index is 1460. The molecule has 0 saturated carbocycles. The summed E-state index contributed by atoms with van der Waals surface area (Å²) in [6.45, 7) is 3.87. The summed E-state index contributed by atoms with van der Waals surface area (Å²) < 4.78 is 26.6. The van der Waals surface area contributed by atoms with Crippen LogP contribution in [0.5, 0.6) is 0 Å². The minimum absolute atomic E-state index is 0.0868.